The number of rotatable bonds is 9. The van der Waals surface area contributed by atoms with Crippen molar-refractivity contribution >= 4 is 40.2 Å². The van der Waals surface area contributed by atoms with Crippen LogP contribution in [0.2, 0.25) is 0 Å². The van der Waals surface area contributed by atoms with Gasteiger partial charge in [-0.15, -0.1) is 11.3 Å². The molecule has 13 nitrogen and oxygen atoms in total. The second-order valence-electron chi connectivity index (χ2n) is 11.9. The van der Waals surface area contributed by atoms with Gasteiger partial charge in [-0.3, -0.25) is 15.0 Å². The first-order valence-corrected chi connectivity index (χ1v) is 16.8. The van der Waals surface area contributed by atoms with Gasteiger partial charge in [0.25, 0.3) is 0 Å². The number of morpholine rings is 1. The van der Waals surface area contributed by atoms with Gasteiger partial charge in [0.2, 0.25) is 5.43 Å². The quantitative estimate of drug-likeness (QED) is 0.229. The van der Waals surface area contributed by atoms with E-state index < -0.39 is 34.9 Å². The van der Waals surface area contributed by atoms with Gasteiger partial charge in [0.15, 0.2) is 5.69 Å². The number of carbonyl (C=O) groups excluding carboxylic acids is 1. The number of amides is 2. The summed E-state index contributed by atoms with van der Waals surface area (Å²) in [6.07, 6.45) is 1.15. The van der Waals surface area contributed by atoms with E-state index in [2.05, 4.69) is 35.4 Å². The topological polar surface area (TPSA) is 155 Å². The number of thiazole rings is 1. The van der Waals surface area contributed by atoms with Crippen LogP contribution >= 0.6 is 11.3 Å². The molecule has 0 aromatic carbocycles. The molecule has 49 heavy (non-hydrogen) atoms. The fraction of sp³-hybridized carbons (Fsp3) is 0.438. The van der Waals surface area contributed by atoms with E-state index in [9.17, 15) is 32.7 Å². The van der Waals surface area contributed by atoms with Crippen LogP contribution in [0.4, 0.5) is 23.8 Å². The highest BCUT2D eigenvalue weighted by molar-refractivity contribution is 7.13. The monoisotopic (exact) mass is 700 g/mol. The van der Waals surface area contributed by atoms with Crippen LogP contribution in [0.3, 0.4) is 0 Å². The first-order valence-electron chi connectivity index (χ1n) is 15.9. The first-order chi connectivity index (χ1) is 23.5. The van der Waals surface area contributed by atoms with Crippen molar-refractivity contribution in [3.8, 4) is 21.7 Å². The van der Waals surface area contributed by atoms with Crippen LogP contribution in [0.1, 0.15) is 41.9 Å². The number of carbonyl (C=O) groups is 2. The summed E-state index contributed by atoms with van der Waals surface area (Å²) in [5, 5.41) is 16.1. The highest BCUT2D eigenvalue weighted by atomic mass is 32.1. The molecular weight excluding hydrogens is 665 g/mol. The number of anilines is 1. The molecule has 0 aliphatic carbocycles. The average Bonchev–Trinajstić information content (AvgIpc) is 3.60. The Balaban J connectivity index is 1.39. The lowest BCUT2D eigenvalue weighted by atomic mass is 10.0. The summed E-state index contributed by atoms with van der Waals surface area (Å²) in [7, 11) is 0. The minimum Gasteiger partial charge on any atom is -0.477 e. The number of carboxylic acid groups (broad SMARTS) is 1. The summed E-state index contributed by atoms with van der Waals surface area (Å²) in [4.78, 5) is 55.4. The van der Waals surface area contributed by atoms with E-state index in [-0.39, 0.29) is 33.4 Å². The van der Waals surface area contributed by atoms with Crippen molar-refractivity contribution in [1.29, 1.82) is 0 Å². The Morgan fingerprint density at radius 2 is 1.86 bits per heavy atom. The summed E-state index contributed by atoms with van der Waals surface area (Å²) < 4.78 is 47.7. The number of piperidine rings is 1. The largest absolute Gasteiger partial charge is 0.477 e. The third kappa shape index (κ3) is 7.74. The molecule has 17 heteroatoms. The number of carboxylic acids is 1. The predicted octanol–water partition coefficient (Wildman–Crippen LogP) is 4.41. The van der Waals surface area contributed by atoms with Crippen molar-refractivity contribution in [3.63, 3.8) is 0 Å². The van der Waals surface area contributed by atoms with Gasteiger partial charge >= 0.3 is 18.2 Å². The number of likely N-dealkylation sites (tertiary alicyclic amines) is 1. The van der Waals surface area contributed by atoms with E-state index in [1.165, 1.54) is 30.7 Å². The van der Waals surface area contributed by atoms with Crippen LogP contribution in [0.5, 0.6) is 0 Å². The van der Waals surface area contributed by atoms with Crippen molar-refractivity contribution in [2.45, 2.75) is 32.0 Å². The number of ether oxygens (including phenoxy) is 1. The summed E-state index contributed by atoms with van der Waals surface area (Å²) in [5.41, 5.74) is -1.11. The van der Waals surface area contributed by atoms with Crippen molar-refractivity contribution in [1.82, 2.24) is 34.6 Å². The van der Waals surface area contributed by atoms with Crippen LogP contribution in [-0.4, -0.2) is 105 Å². The third-order valence-corrected chi connectivity index (χ3v) is 9.50. The molecule has 2 aliphatic rings. The minimum atomic E-state index is -4.68. The van der Waals surface area contributed by atoms with Gasteiger partial charge in [-0.2, -0.15) is 13.2 Å². The Labute approximate surface area is 282 Å². The van der Waals surface area contributed by atoms with E-state index in [0.717, 1.165) is 62.3 Å². The average molecular weight is 701 g/mol. The Bertz CT molecular complexity index is 1910. The highest BCUT2D eigenvalue weighted by Gasteiger charge is 2.34. The number of hydrogen-bond acceptors (Lipinski definition) is 10. The lowest BCUT2D eigenvalue weighted by molar-refractivity contribution is -0.140. The van der Waals surface area contributed by atoms with Gasteiger partial charge in [-0.1, -0.05) is 0 Å². The number of alkyl halides is 3. The summed E-state index contributed by atoms with van der Waals surface area (Å²) in [6.45, 7) is 8.52. The molecule has 0 saturated carbocycles. The molecule has 2 aliphatic heterocycles. The van der Waals surface area contributed by atoms with E-state index >= 15 is 0 Å². The molecule has 2 fully saturated rings. The van der Waals surface area contributed by atoms with Gasteiger partial charge in [-0.25, -0.2) is 24.5 Å². The van der Waals surface area contributed by atoms with E-state index in [4.69, 9.17) is 4.74 Å². The summed E-state index contributed by atoms with van der Waals surface area (Å²) in [5.74, 6) is -1.31. The Morgan fingerprint density at radius 3 is 2.57 bits per heavy atom. The maximum absolute atomic E-state index is 13.6. The number of halogens is 3. The van der Waals surface area contributed by atoms with Crippen LogP contribution < -0.4 is 16.1 Å². The Kier molecular flexibility index (Phi) is 10.2. The molecule has 6 rings (SSSR count). The Morgan fingerprint density at radius 1 is 1.08 bits per heavy atom. The van der Waals surface area contributed by atoms with Crippen LogP contribution in [0.15, 0.2) is 40.9 Å². The van der Waals surface area contributed by atoms with Crippen molar-refractivity contribution in [2.75, 3.05) is 64.3 Å². The van der Waals surface area contributed by atoms with Crippen molar-refractivity contribution in [3.05, 3.63) is 57.6 Å². The van der Waals surface area contributed by atoms with Gasteiger partial charge in [0.05, 0.1) is 18.6 Å². The molecule has 260 valence electrons. The normalized spacial score (nSPS) is 17.7. The molecule has 1 atom stereocenters. The smallest absolute Gasteiger partial charge is 0.434 e. The first kappa shape index (κ1) is 34.4. The number of nitrogens with one attached hydrogen (secondary N) is 2. The zero-order valence-electron chi connectivity index (χ0n) is 26.6. The number of fused-ring (bicyclic) bond motifs is 1. The van der Waals surface area contributed by atoms with Crippen LogP contribution in [0, 0.1) is 0 Å². The van der Waals surface area contributed by atoms with Gasteiger partial charge < -0.3 is 24.6 Å². The minimum absolute atomic E-state index is 0.000143. The number of hydrogen-bond donors (Lipinski definition) is 3. The second-order valence-corrected chi connectivity index (χ2v) is 12.7. The standard InChI is InChI=1S/C32H35F3N8O5S/c1-2-36-31(47)40-26-13-21(29-39-25(18-49-29)32(33,34)35)23(15-37-26)19-12-22-27(44)24(30(45)46)17-43(28(22)38-14-19)20-4-3-5-42(16-20)7-6-41-8-10-48-11-9-41/h12-15,17-18,20H,2-11,16H2,1H3,(H,45,46)(H2,36,37,40,47). The van der Waals surface area contributed by atoms with Gasteiger partial charge in [0.1, 0.15) is 22.0 Å². The molecule has 6 heterocycles. The number of nitrogens with zero attached hydrogens (tertiary/aromatic N) is 6. The number of aromatic nitrogens is 4. The lowest BCUT2D eigenvalue weighted by Crippen LogP contribution is -2.44. The molecule has 4 aromatic rings. The van der Waals surface area contributed by atoms with E-state index in [1.54, 1.807) is 11.5 Å². The fourth-order valence-electron chi connectivity index (χ4n) is 6.16. The van der Waals surface area contributed by atoms with E-state index in [0.29, 0.717) is 37.5 Å². The summed E-state index contributed by atoms with van der Waals surface area (Å²) in [6, 6.07) is 2.18. The predicted molar refractivity (Wildman–Crippen MR) is 177 cm³/mol. The number of urea groups is 1. The van der Waals surface area contributed by atoms with Gasteiger partial charge in [-0.05, 0) is 38.4 Å². The summed E-state index contributed by atoms with van der Waals surface area (Å²) >= 11 is 0.759. The highest BCUT2D eigenvalue weighted by Crippen LogP contribution is 2.39. The third-order valence-electron chi connectivity index (χ3n) is 8.63. The molecule has 3 N–H and O–H groups in total. The zero-order valence-corrected chi connectivity index (χ0v) is 27.4. The van der Waals surface area contributed by atoms with E-state index in [1.807, 2.05) is 0 Å². The Hall–Kier alpha value is -4.45. The van der Waals surface area contributed by atoms with Crippen LogP contribution in [0.25, 0.3) is 32.7 Å². The molecule has 1 unspecified atom stereocenters. The number of pyridine rings is 3. The van der Waals surface area contributed by atoms with Crippen LogP contribution in [-0.2, 0) is 10.9 Å². The zero-order chi connectivity index (χ0) is 34.7. The molecular formula is C32H35F3N8O5S. The molecule has 0 spiro atoms. The van der Waals surface area contributed by atoms with Gasteiger partial charge in [0, 0.05) is 86.0 Å². The molecule has 0 radical (unpaired) electrons. The SMILES string of the molecule is CCNC(=O)Nc1cc(-c2nc(C(F)(F)F)cs2)c(-c2cnc3c(c2)c(=O)c(C(=O)O)cn3C2CCCN(CCN3CCOCC3)C2)cn1. The second kappa shape index (κ2) is 14.6. The lowest BCUT2D eigenvalue weighted by Gasteiger charge is -2.36. The number of aromatic carboxylic acids is 1. The molecule has 0 bridgehead atoms. The van der Waals surface area contributed by atoms with Crippen molar-refractivity contribution in [2.24, 2.45) is 0 Å². The fourth-order valence-corrected chi connectivity index (χ4v) is 7.02. The van der Waals surface area contributed by atoms with Crippen molar-refractivity contribution < 1.29 is 32.6 Å². The molecule has 4 aromatic heterocycles. The maximum Gasteiger partial charge on any atom is 0.434 e. The molecule has 2 amide bonds. The molecule has 2 saturated heterocycles. The maximum atomic E-state index is 13.6.